The molecule has 4 aromatic rings. The number of hydrazine groups is 1. The van der Waals surface area contributed by atoms with Crippen molar-refractivity contribution in [3.05, 3.63) is 58.2 Å². The molecule has 2 aliphatic heterocycles. The molecule has 2 saturated carbocycles. The van der Waals surface area contributed by atoms with E-state index < -0.39 is 17.5 Å². The lowest BCUT2D eigenvalue weighted by molar-refractivity contribution is -0.157. The SMILES string of the molecule is CCn1c(-c2cccnc2C(C)OC)c2c3cc(ccc31)-c1csc(n1)CC(NC(=O)C1CC1C)C(=O)N1CC3(C)CC3C(N1)C(=O)OCC(C)(C)C2. The maximum Gasteiger partial charge on any atom is 0.325 e. The third-order valence-electron chi connectivity index (χ3n) is 12.0. The number of fused-ring (bicyclic) bond motifs is 8. The number of benzene rings is 1. The number of hydrogen-bond donors (Lipinski definition) is 2. The van der Waals surface area contributed by atoms with Crippen molar-refractivity contribution < 1.29 is 23.9 Å². The number of nitrogens with one attached hydrogen (secondary N) is 2. The van der Waals surface area contributed by atoms with Gasteiger partial charge in [0.1, 0.15) is 12.1 Å². The van der Waals surface area contributed by atoms with Crippen LogP contribution in [0.4, 0.5) is 0 Å². The van der Waals surface area contributed by atoms with Crippen LogP contribution in [-0.4, -0.2) is 69.7 Å². The van der Waals surface area contributed by atoms with Gasteiger partial charge in [-0.2, -0.15) is 0 Å². The minimum absolute atomic E-state index is 0.0639. The highest BCUT2D eigenvalue weighted by Gasteiger charge is 2.61. The molecule has 5 heterocycles. The first-order chi connectivity index (χ1) is 25.3. The van der Waals surface area contributed by atoms with Gasteiger partial charge in [-0.1, -0.05) is 33.8 Å². The van der Waals surface area contributed by atoms with Crippen LogP contribution in [0.25, 0.3) is 33.4 Å². The summed E-state index contributed by atoms with van der Waals surface area (Å²) in [5.74, 6) is -0.444. The summed E-state index contributed by atoms with van der Waals surface area (Å²) in [6, 6.07) is 9.09. The lowest BCUT2D eigenvalue weighted by Gasteiger charge is -2.38. The van der Waals surface area contributed by atoms with E-state index in [0.29, 0.717) is 18.9 Å². The molecule has 6 bridgehead atoms. The van der Waals surface area contributed by atoms with E-state index >= 15 is 0 Å². The molecule has 2 aliphatic carbocycles. The number of pyridine rings is 1. The van der Waals surface area contributed by atoms with Crippen LogP contribution in [0, 0.1) is 28.6 Å². The van der Waals surface area contributed by atoms with Gasteiger partial charge in [-0.3, -0.25) is 24.4 Å². The van der Waals surface area contributed by atoms with Gasteiger partial charge in [0.25, 0.3) is 5.91 Å². The number of rotatable bonds is 6. The van der Waals surface area contributed by atoms with Crippen LogP contribution in [0.1, 0.15) is 76.8 Å². The van der Waals surface area contributed by atoms with Crippen molar-refractivity contribution in [2.75, 3.05) is 20.3 Å². The van der Waals surface area contributed by atoms with E-state index in [0.717, 1.165) is 69.1 Å². The lowest BCUT2D eigenvalue weighted by atomic mass is 9.84. The highest BCUT2D eigenvalue weighted by atomic mass is 32.1. The molecule has 3 fully saturated rings. The fourth-order valence-corrected chi connectivity index (χ4v) is 9.42. The number of nitrogens with zero attached hydrogens (tertiary/aromatic N) is 4. The number of carbonyl (C=O) groups excluding carboxylic acids is 3. The zero-order chi connectivity index (χ0) is 37.4. The molecule has 8 rings (SSSR count). The van der Waals surface area contributed by atoms with Gasteiger partial charge in [-0.25, -0.2) is 10.4 Å². The lowest BCUT2D eigenvalue weighted by Crippen LogP contribution is -2.62. The quantitative estimate of drug-likeness (QED) is 0.227. The maximum absolute atomic E-state index is 14.3. The average molecular weight is 739 g/mol. The second-order valence-corrected chi connectivity index (χ2v) is 17.7. The number of thiazole rings is 1. The number of methoxy groups -OCH3 is 1. The van der Waals surface area contributed by atoms with Crippen LogP contribution in [0.5, 0.6) is 0 Å². The minimum Gasteiger partial charge on any atom is -0.464 e. The first kappa shape index (κ1) is 35.9. The fourth-order valence-electron chi connectivity index (χ4n) is 8.57. The average Bonchev–Trinajstić information content (AvgIpc) is 3.95. The number of cyclic esters (lactones) is 1. The summed E-state index contributed by atoms with van der Waals surface area (Å²) in [4.78, 5) is 51.4. The van der Waals surface area contributed by atoms with E-state index in [2.05, 4.69) is 74.2 Å². The molecule has 12 heteroatoms. The van der Waals surface area contributed by atoms with E-state index in [1.165, 1.54) is 11.3 Å². The van der Waals surface area contributed by atoms with Gasteiger partial charge >= 0.3 is 5.97 Å². The van der Waals surface area contributed by atoms with Crippen molar-refractivity contribution in [2.45, 2.75) is 92.0 Å². The summed E-state index contributed by atoms with van der Waals surface area (Å²) >= 11 is 1.49. The summed E-state index contributed by atoms with van der Waals surface area (Å²) in [6.07, 6.45) is 4.11. The standard InChI is InChI=1S/C41H50N6O5S/c1-8-46-32-12-11-24-15-27(32)28(36(46)25-10-9-13-42-34(25)23(3)51-7)17-40(4,5)21-52-39(50)35-29-18-41(29,6)20-47(45-35)38(49)30(16-33-43-31(24)19-53-33)44-37(48)26-14-22(26)2/h9-13,15,19,22-23,26,29-30,35,45H,8,14,16-18,20-21H2,1-7H3,(H,44,48). The van der Waals surface area contributed by atoms with Crippen molar-refractivity contribution in [3.63, 3.8) is 0 Å². The predicted molar refractivity (Wildman–Crippen MR) is 204 cm³/mol. The number of amides is 2. The van der Waals surface area contributed by atoms with Crippen LogP contribution in [0.15, 0.2) is 41.9 Å². The number of carbonyl (C=O) groups is 3. The van der Waals surface area contributed by atoms with Crippen molar-refractivity contribution in [3.8, 4) is 22.5 Å². The van der Waals surface area contributed by atoms with E-state index in [1.807, 2.05) is 24.6 Å². The maximum atomic E-state index is 14.3. The molecule has 2 amide bonds. The Bertz CT molecular complexity index is 2110. The van der Waals surface area contributed by atoms with Gasteiger partial charge in [0.2, 0.25) is 5.91 Å². The van der Waals surface area contributed by atoms with Gasteiger partial charge in [0.15, 0.2) is 0 Å². The third kappa shape index (κ3) is 6.56. The van der Waals surface area contributed by atoms with Gasteiger partial charge in [-0.05, 0) is 80.2 Å². The summed E-state index contributed by atoms with van der Waals surface area (Å²) in [5, 5.41) is 8.54. The molecule has 11 nitrogen and oxygen atoms in total. The summed E-state index contributed by atoms with van der Waals surface area (Å²) in [6.45, 7) is 14.0. The highest BCUT2D eigenvalue weighted by molar-refractivity contribution is 7.10. The number of hydrogen-bond acceptors (Lipinski definition) is 9. The summed E-state index contributed by atoms with van der Waals surface area (Å²) in [7, 11) is 1.70. The Labute approximate surface area is 314 Å². The Morgan fingerprint density at radius 2 is 2.02 bits per heavy atom. The molecule has 280 valence electrons. The Balaban J connectivity index is 1.26. The van der Waals surface area contributed by atoms with E-state index in [1.54, 1.807) is 12.1 Å². The zero-order valence-electron chi connectivity index (χ0n) is 31.7. The molecule has 2 N–H and O–H groups in total. The summed E-state index contributed by atoms with van der Waals surface area (Å²) < 4.78 is 14.3. The Kier molecular flexibility index (Phi) is 9.01. The molecule has 7 unspecified atom stereocenters. The number of aryl methyl sites for hydroxylation is 1. The van der Waals surface area contributed by atoms with Gasteiger partial charge in [-0.15, -0.1) is 11.3 Å². The second kappa shape index (κ2) is 13.3. The second-order valence-electron chi connectivity index (χ2n) is 16.8. The molecule has 53 heavy (non-hydrogen) atoms. The van der Waals surface area contributed by atoms with Crippen LogP contribution in [0.3, 0.4) is 0 Å². The Hall–Kier alpha value is -4.13. The Morgan fingerprint density at radius 3 is 2.75 bits per heavy atom. The summed E-state index contributed by atoms with van der Waals surface area (Å²) in [5.41, 5.74) is 9.61. The van der Waals surface area contributed by atoms with Crippen LogP contribution in [-0.2, 0) is 43.2 Å². The molecular weight excluding hydrogens is 689 g/mol. The smallest absolute Gasteiger partial charge is 0.325 e. The Morgan fingerprint density at radius 1 is 1.23 bits per heavy atom. The van der Waals surface area contributed by atoms with E-state index in [9.17, 15) is 14.4 Å². The van der Waals surface area contributed by atoms with Crippen molar-refractivity contribution in [1.82, 2.24) is 30.3 Å². The van der Waals surface area contributed by atoms with Crippen LogP contribution >= 0.6 is 11.3 Å². The highest BCUT2D eigenvalue weighted by Crippen LogP contribution is 2.57. The molecule has 0 radical (unpaired) electrons. The molecule has 4 aliphatic rings. The first-order valence-corrected chi connectivity index (χ1v) is 19.8. The monoisotopic (exact) mass is 738 g/mol. The van der Waals surface area contributed by atoms with Gasteiger partial charge < -0.3 is 19.4 Å². The van der Waals surface area contributed by atoms with Crippen LogP contribution < -0.4 is 10.7 Å². The predicted octanol–water partition coefficient (Wildman–Crippen LogP) is 6.10. The number of aromatic nitrogens is 3. The zero-order valence-corrected chi connectivity index (χ0v) is 32.5. The van der Waals surface area contributed by atoms with E-state index in [4.69, 9.17) is 19.4 Å². The van der Waals surface area contributed by atoms with Crippen molar-refractivity contribution >= 4 is 40.0 Å². The van der Waals surface area contributed by atoms with Crippen molar-refractivity contribution in [2.24, 2.45) is 28.6 Å². The molecule has 1 saturated heterocycles. The third-order valence-corrected chi connectivity index (χ3v) is 12.9. The van der Waals surface area contributed by atoms with Gasteiger partial charge in [0, 0.05) is 71.6 Å². The topological polar surface area (TPSA) is 128 Å². The van der Waals surface area contributed by atoms with Crippen LogP contribution in [0.2, 0.25) is 0 Å². The number of esters is 1. The van der Waals surface area contributed by atoms with Crippen molar-refractivity contribution in [1.29, 1.82) is 0 Å². The van der Waals surface area contributed by atoms with Gasteiger partial charge in [0.05, 0.1) is 34.8 Å². The molecule has 3 aromatic heterocycles. The fraction of sp³-hybridized carbons (Fsp3) is 0.537. The first-order valence-electron chi connectivity index (χ1n) is 18.9. The molecule has 1 aromatic carbocycles. The molecular formula is C41H50N6O5S. The minimum atomic E-state index is -0.825. The molecule has 7 atom stereocenters. The molecule has 0 spiro atoms. The normalized spacial score (nSPS) is 28.5. The van der Waals surface area contributed by atoms with E-state index in [-0.39, 0.29) is 54.2 Å². The largest absolute Gasteiger partial charge is 0.464 e. The number of ether oxygens (including phenoxy) is 2.